The molecule has 0 aliphatic rings. The zero-order valence-corrected chi connectivity index (χ0v) is 15.3. The predicted octanol–water partition coefficient (Wildman–Crippen LogP) is 3.09. The van der Waals surface area contributed by atoms with Crippen molar-refractivity contribution in [2.45, 2.75) is 19.8 Å². The monoisotopic (exact) mass is 384 g/mol. The largest absolute Gasteiger partial charge is 0.339 e. The molecule has 0 radical (unpaired) electrons. The second-order valence-electron chi connectivity index (χ2n) is 5.84. The van der Waals surface area contributed by atoms with Gasteiger partial charge in [-0.05, 0) is 42.8 Å². The Kier molecular flexibility index (Phi) is 5.83. The first-order chi connectivity index (χ1) is 13.0. The smallest absolute Gasteiger partial charge is 0.269 e. The van der Waals surface area contributed by atoms with Gasteiger partial charge in [-0.25, -0.2) is 0 Å². The molecule has 0 aliphatic carbocycles. The lowest BCUT2D eigenvalue weighted by molar-refractivity contribution is -0.121. The minimum absolute atomic E-state index is 0.0936. The van der Waals surface area contributed by atoms with Crippen molar-refractivity contribution in [3.8, 4) is 11.4 Å². The van der Waals surface area contributed by atoms with Gasteiger partial charge in [-0.1, -0.05) is 35.0 Å². The fourth-order valence-corrected chi connectivity index (χ4v) is 2.50. The number of hydrogen-bond acceptors (Lipinski definition) is 5. The fourth-order valence-electron chi connectivity index (χ4n) is 2.38. The average molecular weight is 385 g/mol. The molecule has 1 heterocycles. The fraction of sp³-hybridized carbons (Fsp3) is 0.158. The third kappa shape index (κ3) is 4.92. The third-order valence-electron chi connectivity index (χ3n) is 3.84. The molecule has 27 heavy (non-hydrogen) atoms. The summed E-state index contributed by atoms with van der Waals surface area (Å²) >= 11 is 5.85. The number of aromatic nitrogens is 2. The van der Waals surface area contributed by atoms with Crippen LogP contribution in [0.15, 0.2) is 53.1 Å². The molecule has 8 heteroatoms. The molecule has 0 saturated carbocycles. The first kappa shape index (κ1) is 18.6. The van der Waals surface area contributed by atoms with Crippen molar-refractivity contribution >= 4 is 23.4 Å². The van der Waals surface area contributed by atoms with E-state index in [1.54, 1.807) is 36.4 Å². The van der Waals surface area contributed by atoms with E-state index in [0.29, 0.717) is 22.3 Å². The second kappa shape index (κ2) is 8.46. The molecule has 0 saturated heterocycles. The van der Waals surface area contributed by atoms with Gasteiger partial charge >= 0.3 is 0 Å². The van der Waals surface area contributed by atoms with Gasteiger partial charge in [-0.15, -0.1) is 0 Å². The molecular weight excluding hydrogens is 368 g/mol. The van der Waals surface area contributed by atoms with Crippen LogP contribution in [-0.2, 0) is 11.2 Å². The Balaban J connectivity index is 1.49. The van der Waals surface area contributed by atoms with Crippen molar-refractivity contribution in [2.75, 3.05) is 0 Å². The summed E-state index contributed by atoms with van der Waals surface area (Å²) in [5.74, 6) is 0.0303. The maximum absolute atomic E-state index is 12.1. The van der Waals surface area contributed by atoms with Gasteiger partial charge in [0, 0.05) is 29.0 Å². The van der Waals surface area contributed by atoms with Crippen molar-refractivity contribution in [2.24, 2.45) is 0 Å². The van der Waals surface area contributed by atoms with Crippen LogP contribution in [0.3, 0.4) is 0 Å². The van der Waals surface area contributed by atoms with Crippen molar-refractivity contribution in [1.82, 2.24) is 21.0 Å². The van der Waals surface area contributed by atoms with Gasteiger partial charge in [-0.2, -0.15) is 4.98 Å². The van der Waals surface area contributed by atoms with Crippen LogP contribution in [0.2, 0.25) is 5.02 Å². The standard InChI is InChI=1S/C19H17ClN4O3/c1-12-4-2-3-5-15(12)19(26)23-22-16(25)10-11-17-21-18(24-27-17)13-6-8-14(20)9-7-13/h2-9H,10-11H2,1H3,(H,22,25)(H,23,26). The zero-order chi connectivity index (χ0) is 19.2. The van der Waals surface area contributed by atoms with E-state index in [-0.39, 0.29) is 24.7 Å². The van der Waals surface area contributed by atoms with Crippen molar-refractivity contribution in [3.63, 3.8) is 0 Å². The first-order valence-electron chi connectivity index (χ1n) is 8.26. The Morgan fingerprint density at radius 1 is 1.07 bits per heavy atom. The summed E-state index contributed by atoms with van der Waals surface area (Å²) in [4.78, 5) is 28.2. The summed E-state index contributed by atoms with van der Waals surface area (Å²) in [7, 11) is 0. The van der Waals surface area contributed by atoms with Crippen LogP contribution in [0.4, 0.5) is 0 Å². The average Bonchev–Trinajstić information content (AvgIpc) is 3.14. The van der Waals surface area contributed by atoms with Crippen molar-refractivity contribution in [1.29, 1.82) is 0 Å². The molecule has 3 aromatic rings. The van der Waals surface area contributed by atoms with E-state index in [2.05, 4.69) is 21.0 Å². The molecule has 0 atom stereocenters. The zero-order valence-electron chi connectivity index (χ0n) is 14.5. The number of carbonyl (C=O) groups excluding carboxylic acids is 2. The minimum atomic E-state index is -0.371. The molecule has 2 N–H and O–H groups in total. The summed E-state index contributed by atoms with van der Waals surface area (Å²) in [6.45, 7) is 1.82. The molecule has 2 amide bonds. The summed E-state index contributed by atoms with van der Waals surface area (Å²) in [6.07, 6.45) is 0.350. The first-order valence-corrected chi connectivity index (χ1v) is 8.64. The number of nitrogens with zero attached hydrogens (tertiary/aromatic N) is 2. The van der Waals surface area contributed by atoms with Gasteiger partial charge < -0.3 is 4.52 Å². The number of carbonyl (C=O) groups is 2. The molecule has 138 valence electrons. The molecule has 2 aromatic carbocycles. The van der Waals surface area contributed by atoms with E-state index in [9.17, 15) is 9.59 Å². The highest BCUT2D eigenvalue weighted by atomic mass is 35.5. The molecule has 0 fully saturated rings. The Morgan fingerprint density at radius 3 is 2.56 bits per heavy atom. The van der Waals surface area contributed by atoms with Gasteiger partial charge in [0.25, 0.3) is 5.91 Å². The van der Waals surface area contributed by atoms with E-state index >= 15 is 0 Å². The lowest BCUT2D eigenvalue weighted by Crippen LogP contribution is -2.41. The summed E-state index contributed by atoms with van der Waals surface area (Å²) in [5, 5.41) is 4.50. The summed E-state index contributed by atoms with van der Waals surface area (Å²) in [5.41, 5.74) is 6.87. The normalized spacial score (nSPS) is 10.4. The number of hydrazine groups is 1. The highest BCUT2D eigenvalue weighted by Crippen LogP contribution is 2.18. The molecule has 3 rings (SSSR count). The van der Waals surface area contributed by atoms with E-state index in [0.717, 1.165) is 11.1 Å². The Labute approximate surface area is 160 Å². The van der Waals surface area contributed by atoms with Gasteiger partial charge in [-0.3, -0.25) is 20.4 Å². The molecule has 7 nitrogen and oxygen atoms in total. The van der Waals surface area contributed by atoms with Crippen molar-refractivity contribution < 1.29 is 14.1 Å². The number of benzene rings is 2. The second-order valence-corrected chi connectivity index (χ2v) is 6.27. The van der Waals surface area contributed by atoms with Crippen LogP contribution in [0.5, 0.6) is 0 Å². The van der Waals surface area contributed by atoms with Gasteiger partial charge in [0.1, 0.15) is 0 Å². The van der Waals surface area contributed by atoms with E-state index in [1.807, 2.05) is 19.1 Å². The maximum Gasteiger partial charge on any atom is 0.269 e. The van der Waals surface area contributed by atoms with Crippen LogP contribution in [0.1, 0.15) is 28.2 Å². The summed E-state index contributed by atoms with van der Waals surface area (Å²) in [6, 6.07) is 14.1. The maximum atomic E-state index is 12.1. The van der Waals surface area contributed by atoms with Crippen LogP contribution in [-0.4, -0.2) is 22.0 Å². The van der Waals surface area contributed by atoms with E-state index in [4.69, 9.17) is 16.1 Å². The highest BCUT2D eigenvalue weighted by molar-refractivity contribution is 6.30. The number of nitrogens with one attached hydrogen (secondary N) is 2. The molecule has 0 unspecified atom stereocenters. The Morgan fingerprint density at radius 2 is 1.81 bits per heavy atom. The minimum Gasteiger partial charge on any atom is -0.339 e. The van der Waals surface area contributed by atoms with Crippen molar-refractivity contribution in [3.05, 3.63) is 70.6 Å². The van der Waals surface area contributed by atoms with Crippen LogP contribution in [0, 0.1) is 6.92 Å². The van der Waals surface area contributed by atoms with E-state index < -0.39 is 0 Å². The number of halogens is 1. The molecular formula is C19H17ClN4O3. The molecule has 0 spiro atoms. The van der Waals surface area contributed by atoms with E-state index in [1.165, 1.54) is 0 Å². The number of aryl methyl sites for hydroxylation is 2. The topological polar surface area (TPSA) is 97.1 Å². The lowest BCUT2D eigenvalue weighted by Gasteiger charge is -2.08. The molecule has 0 aliphatic heterocycles. The van der Waals surface area contributed by atoms with Crippen LogP contribution >= 0.6 is 11.6 Å². The molecule has 1 aromatic heterocycles. The number of rotatable bonds is 5. The lowest BCUT2D eigenvalue weighted by atomic mass is 10.1. The summed E-state index contributed by atoms with van der Waals surface area (Å²) < 4.78 is 5.15. The van der Waals surface area contributed by atoms with Gasteiger partial charge in [0.05, 0.1) is 0 Å². The molecule has 0 bridgehead atoms. The quantitative estimate of drug-likeness (QED) is 0.659. The number of hydrogen-bond donors (Lipinski definition) is 2. The number of amides is 2. The third-order valence-corrected chi connectivity index (χ3v) is 4.09. The van der Waals surface area contributed by atoms with Crippen LogP contribution < -0.4 is 10.9 Å². The van der Waals surface area contributed by atoms with Gasteiger partial charge in [0.15, 0.2) is 0 Å². The Bertz CT molecular complexity index is 954. The van der Waals surface area contributed by atoms with Gasteiger partial charge in [0.2, 0.25) is 17.6 Å². The predicted molar refractivity (Wildman–Crippen MR) is 99.9 cm³/mol. The SMILES string of the molecule is Cc1ccccc1C(=O)NNC(=O)CCc1nc(-c2ccc(Cl)cc2)no1. The Hall–Kier alpha value is -3.19. The highest BCUT2D eigenvalue weighted by Gasteiger charge is 2.12. The van der Waals surface area contributed by atoms with Crippen LogP contribution in [0.25, 0.3) is 11.4 Å².